The van der Waals surface area contributed by atoms with Gasteiger partial charge in [-0.3, -0.25) is 0 Å². The van der Waals surface area contributed by atoms with E-state index in [9.17, 15) is 9.90 Å². The maximum Gasteiger partial charge on any atom is 0.338 e. The van der Waals surface area contributed by atoms with Crippen LogP contribution in [0.25, 0.3) is 0 Å². The fraction of sp³-hybridized carbons (Fsp3) is 0.385. The molecule has 0 unspecified atom stereocenters. The third-order valence-corrected chi connectivity index (χ3v) is 4.41. The van der Waals surface area contributed by atoms with Crippen LogP contribution in [0, 0.1) is 0 Å². The molecule has 0 saturated carbocycles. The Hall–Kier alpha value is -1.89. The second kappa shape index (κ2) is 5.24. The molecule has 0 bridgehead atoms. The number of aromatic nitrogens is 4. The first-order valence-electron chi connectivity index (χ1n) is 6.43. The summed E-state index contributed by atoms with van der Waals surface area (Å²) in [5, 5.41) is 18.3. The van der Waals surface area contributed by atoms with Crippen molar-refractivity contribution in [3.63, 3.8) is 0 Å². The molecule has 0 atom stereocenters. The Kier molecular flexibility index (Phi) is 3.43. The van der Waals surface area contributed by atoms with Crippen molar-refractivity contribution in [2.75, 3.05) is 0 Å². The van der Waals surface area contributed by atoms with E-state index in [1.807, 2.05) is 7.05 Å². The van der Waals surface area contributed by atoms with Crippen LogP contribution >= 0.6 is 11.8 Å². The lowest BCUT2D eigenvalue weighted by Gasteiger charge is -2.16. The molecular formula is C13H14N4O2S. The Morgan fingerprint density at radius 1 is 1.40 bits per heavy atom. The fourth-order valence-electron chi connectivity index (χ4n) is 2.30. The smallest absolute Gasteiger partial charge is 0.338 e. The molecule has 6 nitrogen and oxygen atoms in total. The molecule has 3 rings (SSSR count). The number of nitrogens with zero attached hydrogens (tertiary/aromatic N) is 4. The highest BCUT2D eigenvalue weighted by Gasteiger charge is 2.20. The third kappa shape index (κ3) is 2.40. The predicted molar refractivity (Wildman–Crippen MR) is 73.0 cm³/mol. The maximum absolute atomic E-state index is 11.4. The van der Waals surface area contributed by atoms with E-state index in [0.717, 1.165) is 36.9 Å². The molecule has 7 heteroatoms. The number of aryl methyl sites for hydroxylation is 3. The first-order valence-corrected chi connectivity index (χ1v) is 7.24. The zero-order chi connectivity index (χ0) is 14.1. The Labute approximate surface area is 120 Å². The first-order chi connectivity index (χ1) is 9.65. The minimum Gasteiger partial charge on any atom is -0.478 e. The lowest BCUT2D eigenvalue weighted by molar-refractivity contribution is 0.0692. The lowest BCUT2D eigenvalue weighted by Crippen LogP contribution is -2.11. The third-order valence-electron chi connectivity index (χ3n) is 3.35. The molecule has 20 heavy (non-hydrogen) atoms. The second-order valence-electron chi connectivity index (χ2n) is 4.79. The molecule has 104 valence electrons. The van der Waals surface area contributed by atoms with Gasteiger partial charge in [-0.25, -0.2) is 9.78 Å². The van der Waals surface area contributed by atoms with Gasteiger partial charge in [0.25, 0.3) is 0 Å². The number of hydrogen-bond acceptors (Lipinski definition) is 5. The molecule has 0 aliphatic heterocycles. The van der Waals surface area contributed by atoms with E-state index in [1.54, 1.807) is 17.0 Å². The van der Waals surface area contributed by atoms with Gasteiger partial charge in [-0.1, -0.05) is 0 Å². The van der Waals surface area contributed by atoms with E-state index in [0.29, 0.717) is 10.2 Å². The van der Waals surface area contributed by atoms with Crippen molar-refractivity contribution in [1.29, 1.82) is 0 Å². The van der Waals surface area contributed by atoms with Crippen molar-refractivity contribution in [2.45, 2.75) is 35.9 Å². The molecule has 2 aromatic rings. The molecule has 0 aromatic carbocycles. The van der Waals surface area contributed by atoms with Crippen LogP contribution in [0.3, 0.4) is 0 Å². The summed E-state index contributed by atoms with van der Waals surface area (Å²) in [5.41, 5.74) is 2.33. The SMILES string of the molecule is Cn1cnnc1Sc1nc2c(cc1C(=O)O)CCCC2. The molecule has 0 spiro atoms. The Balaban J connectivity index is 2.04. The van der Waals surface area contributed by atoms with Gasteiger partial charge < -0.3 is 9.67 Å². The minimum atomic E-state index is -0.949. The standard InChI is InChI=1S/C13H14N4O2S/c1-17-7-14-16-13(17)20-11-9(12(18)19)6-8-4-2-3-5-10(8)15-11/h6-7H,2-5H2,1H3,(H,18,19). The normalized spacial score (nSPS) is 14.1. The molecule has 2 aromatic heterocycles. The van der Waals surface area contributed by atoms with Crippen LogP contribution in [0.2, 0.25) is 0 Å². The molecule has 0 radical (unpaired) electrons. The summed E-state index contributed by atoms with van der Waals surface area (Å²) in [4.78, 5) is 16.0. The number of fused-ring (bicyclic) bond motifs is 1. The molecule has 0 amide bonds. The number of pyridine rings is 1. The highest BCUT2D eigenvalue weighted by atomic mass is 32.2. The number of rotatable bonds is 3. The highest BCUT2D eigenvalue weighted by Crippen LogP contribution is 2.31. The van der Waals surface area contributed by atoms with Gasteiger partial charge in [-0.15, -0.1) is 10.2 Å². The largest absolute Gasteiger partial charge is 0.478 e. The van der Waals surface area contributed by atoms with Gasteiger partial charge in [0, 0.05) is 12.7 Å². The van der Waals surface area contributed by atoms with Crippen LogP contribution in [0.1, 0.15) is 34.5 Å². The summed E-state index contributed by atoms with van der Waals surface area (Å²) in [6.07, 6.45) is 5.63. The van der Waals surface area contributed by atoms with Gasteiger partial charge in [-0.2, -0.15) is 0 Å². The van der Waals surface area contributed by atoms with Crippen molar-refractivity contribution in [2.24, 2.45) is 7.05 Å². The van der Waals surface area contributed by atoms with Crippen LogP contribution in [0.5, 0.6) is 0 Å². The van der Waals surface area contributed by atoms with Crippen molar-refractivity contribution in [1.82, 2.24) is 19.7 Å². The number of carbonyl (C=O) groups is 1. The van der Waals surface area contributed by atoms with Crippen molar-refractivity contribution in [3.8, 4) is 0 Å². The van der Waals surface area contributed by atoms with Gasteiger partial charge in [0.1, 0.15) is 11.4 Å². The summed E-state index contributed by atoms with van der Waals surface area (Å²) >= 11 is 1.25. The predicted octanol–water partition coefficient (Wildman–Crippen LogP) is 1.94. The zero-order valence-electron chi connectivity index (χ0n) is 11.0. The average Bonchev–Trinajstić information content (AvgIpc) is 2.83. The lowest BCUT2D eigenvalue weighted by atomic mass is 9.95. The van der Waals surface area contributed by atoms with E-state index < -0.39 is 5.97 Å². The topological polar surface area (TPSA) is 80.9 Å². The molecule has 0 saturated heterocycles. The average molecular weight is 290 g/mol. The van der Waals surface area contributed by atoms with Crippen molar-refractivity contribution >= 4 is 17.7 Å². The van der Waals surface area contributed by atoms with E-state index in [1.165, 1.54) is 11.8 Å². The molecule has 1 aliphatic carbocycles. The zero-order valence-corrected chi connectivity index (χ0v) is 11.9. The first kappa shape index (κ1) is 13.1. The second-order valence-corrected chi connectivity index (χ2v) is 5.74. The van der Waals surface area contributed by atoms with E-state index in [-0.39, 0.29) is 5.56 Å². The Bertz CT molecular complexity index is 668. The summed E-state index contributed by atoms with van der Waals surface area (Å²) in [6.45, 7) is 0. The van der Waals surface area contributed by atoms with Crippen LogP contribution < -0.4 is 0 Å². The van der Waals surface area contributed by atoms with Gasteiger partial charge >= 0.3 is 5.97 Å². The number of carboxylic acid groups (broad SMARTS) is 1. The molecule has 1 N–H and O–H groups in total. The molecule has 0 fully saturated rings. The van der Waals surface area contributed by atoms with Gasteiger partial charge in [-0.05, 0) is 49.1 Å². The van der Waals surface area contributed by atoms with Gasteiger partial charge in [0.05, 0.1) is 5.56 Å². The quantitative estimate of drug-likeness (QED) is 0.930. The van der Waals surface area contributed by atoms with Crippen molar-refractivity contribution < 1.29 is 9.90 Å². The van der Waals surface area contributed by atoms with Crippen LogP contribution in [-0.2, 0) is 19.9 Å². The Morgan fingerprint density at radius 2 is 2.20 bits per heavy atom. The van der Waals surface area contributed by atoms with E-state index >= 15 is 0 Å². The van der Waals surface area contributed by atoms with Crippen LogP contribution in [0.4, 0.5) is 0 Å². The van der Waals surface area contributed by atoms with Gasteiger partial charge in [0.2, 0.25) is 0 Å². The van der Waals surface area contributed by atoms with E-state index in [4.69, 9.17) is 0 Å². The Morgan fingerprint density at radius 3 is 2.90 bits per heavy atom. The van der Waals surface area contributed by atoms with Gasteiger partial charge in [0.15, 0.2) is 5.16 Å². The monoisotopic (exact) mass is 290 g/mol. The molecule has 2 heterocycles. The molecule has 1 aliphatic rings. The van der Waals surface area contributed by atoms with Crippen LogP contribution in [-0.4, -0.2) is 30.8 Å². The summed E-state index contributed by atoms with van der Waals surface area (Å²) in [7, 11) is 1.82. The minimum absolute atomic E-state index is 0.249. The fourth-order valence-corrected chi connectivity index (χ4v) is 3.16. The number of hydrogen-bond donors (Lipinski definition) is 1. The highest BCUT2D eigenvalue weighted by molar-refractivity contribution is 7.99. The summed E-state index contributed by atoms with van der Waals surface area (Å²) < 4.78 is 1.75. The maximum atomic E-state index is 11.4. The number of carboxylic acids is 1. The van der Waals surface area contributed by atoms with Crippen LogP contribution in [0.15, 0.2) is 22.6 Å². The van der Waals surface area contributed by atoms with Crippen molar-refractivity contribution in [3.05, 3.63) is 29.2 Å². The molecular weight excluding hydrogens is 276 g/mol. The summed E-state index contributed by atoms with van der Waals surface area (Å²) in [6, 6.07) is 1.77. The van der Waals surface area contributed by atoms with E-state index in [2.05, 4.69) is 15.2 Å². The summed E-state index contributed by atoms with van der Waals surface area (Å²) in [5.74, 6) is -0.949. The number of aromatic carboxylic acids is 1.